The van der Waals surface area contributed by atoms with Gasteiger partial charge in [-0.05, 0) is 26.9 Å². The van der Waals surface area contributed by atoms with Crippen LogP contribution in [-0.2, 0) is 16.0 Å². The largest absolute Gasteiger partial charge is 0.385 e. The maximum absolute atomic E-state index is 5.53. The molecule has 1 aromatic rings. The van der Waals surface area contributed by atoms with Crippen molar-refractivity contribution in [3.8, 4) is 0 Å². The van der Waals surface area contributed by atoms with E-state index >= 15 is 0 Å². The second-order valence-corrected chi connectivity index (χ2v) is 5.34. The zero-order chi connectivity index (χ0) is 15.7. The fourth-order valence-electron chi connectivity index (χ4n) is 2.14. The number of likely N-dealkylation sites (N-methyl/N-ethyl adjacent to an activating group) is 1. The molecule has 0 saturated carbocycles. The van der Waals surface area contributed by atoms with Crippen molar-refractivity contribution in [2.45, 2.75) is 32.9 Å². The van der Waals surface area contributed by atoms with Crippen LogP contribution >= 0.6 is 0 Å². The maximum atomic E-state index is 5.53. The summed E-state index contributed by atoms with van der Waals surface area (Å²) in [6.07, 6.45) is 3.20. The molecule has 0 aromatic carbocycles. The van der Waals surface area contributed by atoms with Crippen LogP contribution in [0.5, 0.6) is 0 Å². The van der Waals surface area contributed by atoms with E-state index in [4.69, 9.17) is 9.47 Å². The molecule has 1 unspecified atom stereocenters. The molecule has 1 rings (SSSR count). The number of imidazole rings is 1. The van der Waals surface area contributed by atoms with Gasteiger partial charge in [-0.15, -0.1) is 0 Å². The average molecular weight is 298 g/mol. The minimum absolute atomic E-state index is 0.152. The molecule has 0 radical (unpaired) electrons. The third-order valence-corrected chi connectivity index (χ3v) is 3.52. The fraction of sp³-hybridized carbons (Fsp3) is 0.800. The number of methoxy groups -OCH3 is 2. The Hall–Kier alpha value is -1.11. The van der Waals surface area contributed by atoms with Crippen LogP contribution < -0.4 is 5.32 Å². The molecule has 0 amide bonds. The zero-order valence-electron chi connectivity index (χ0n) is 14.1. The monoisotopic (exact) mass is 298 g/mol. The molecular formula is C15H30N4O2. The summed E-state index contributed by atoms with van der Waals surface area (Å²) in [5.74, 6) is 0.907. The fourth-order valence-corrected chi connectivity index (χ4v) is 2.14. The number of aromatic nitrogens is 2. The summed E-state index contributed by atoms with van der Waals surface area (Å²) in [6.45, 7) is 8.50. The zero-order valence-corrected chi connectivity index (χ0v) is 14.1. The standard InChI is InChI=1S/C15H30N4O2/c1-6-18(3)12-14(21-5)10-16-15-17-13(2)11-19(15)8-7-9-20-4/h11,14H,6-10,12H2,1-5H3,(H,16,17). The smallest absolute Gasteiger partial charge is 0.203 e. The van der Waals surface area contributed by atoms with Gasteiger partial charge in [-0.25, -0.2) is 4.98 Å². The van der Waals surface area contributed by atoms with Gasteiger partial charge >= 0.3 is 0 Å². The highest BCUT2D eigenvalue weighted by molar-refractivity contribution is 5.28. The Kier molecular flexibility index (Phi) is 8.34. The highest BCUT2D eigenvalue weighted by Gasteiger charge is 2.12. The van der Waals surface area contributed by atoms with Crippen molar-refractivity contribution in [3.05, 3.63) is 11.9 Å². The van der Waals surface area contributed by atoms with Crippen molar-refractivity contribution < 1.29 is 9.47 Å². The van der Waals surface area contributed by atoms with E-state index in [0.717, 1.165) is 50.8 Å². The topological polar surface area (TPSA) is 51.6 Å². The van der Waals surface area contributed by atoms with Crippen LogP contribution in [0.25, 0.3) is 0 Å². The molecule has 0 spiro atoms. The predicted molar refractivity (Wildman–Crippen MR) is 85.9 cm³/mol. The summed E-state index contributed by atoms with van der Waals surface area (Å²) < 4.78 is 12.8. The molecule has 0 aliphatic carbocycles. The lowest BCUT2D eigenvalue weighted by molar-refractivity contribution is 0.0826. The van der Waals surface area contributed by atoms with Crippen LogP contribution in [0, 0.1) is 6.92 Å². The van der Waals surface area contributed by atoms with E-state index in [2.05, 4.69) is 39.9 Å². The van der Waals surface area contributed by atoms with Gasteiger partial charge in [-0.1, -0.05) is 6.92 Å². The minimum Gasteiger partial charge on any atom is -0.385 e. The van der Waals surface area contributed by atoms with Gasteiger partial charge < -0.3 is 24.3 Å². The van der Waals surface area contributed by atoms with Crippen molar-refractivity contribution in [2.75, 3.05) is 52.8 Å². The summed E-state index contributed by atoms with van der Waals surface area (Å²) in [7, 11) is 5.58. The van der Waals surface area contributed by atoms with Crippen molar-refractivity contribution in [3.63, 3.8) is 0 Å². The van der Waals surface area contributed by atoms with Gasteiger partial charge in [0, 0.05) is 46.7 Å². The molecule has 1 N–H and O–H groups in total. The molecule has 0 aliphatic heterocycles. The molecule has 0 bridgehead atoms. The van der Waals surface area contributed by atoms with E-state index in [1.54, 1.807) is 14.2 Å². The molecule has 0 aliphatic rings. The number of hydrogen-bond donors (Lipinski definition) is 1. The van der Waals surface area contributed by atoms with Gasteiger partial charge in [0.1, 0.15) is 0 Å². The Bertz CT molecular complexity index is 395. The summed E-state index contributed by atoms with van der Waals surface area (Å²) in [4.78, 5) is 6.78. The first-order valence-electron chi connectivity index (χ1n) is 7.58. The normalized spacial score (nSPS) is 12.9. The molecule has 6 nitrogen and oxygen atoms in total. The summed E-state index contributed by atoms with van der Waals surface area (Å²) in [5, 5.41) is 3.40. The van der Waals surface area contributed by atoms with Gasteiger partial charge in [0.05, 0.1) is 11.8 Å². The van der Waals surface area contributed by atoms with E-state index in [9.17, 15) is 0 Å². The molecule has 21 heavy (non-hydrogen) atoms. The van der Waals surface area contributed by atoms with Crippen LogP contribution in [0.15, 0.2) is 6.20 Å². The molecule has 122 valence electrons. The van der Waals surface area contributed by atoms with Crippen LogP contribution in [0.1, 0.15) is 19.0 Å². The molecule has 1 heterocycles. The third-order valence-electron chi connectivity index (χ3n) is 3.52. The molecule has 0 fully saturated rings. The first-order valence-corrected chi connectivity index (χ1v) is 7.58. The van der Waals surface area contributed by atoms with Crippen molar-refractivity contribution in [2.24, 2.45) is 0 Å². The molecule has 1 atom stereocenters. The second kappa shape index (κ2) is 9.76. The van der Waals surface area contributed by atoms with E-state index in [-0.39, 0.29) is 6.10 Å². The average Bonchev–Trinajstić information content (AvgIpc) is 2.83. The maximum Gasteiger partial charge on any atom is 0.203 e. The lowest BCUT2D eigenvalue weighted by Gasteiger charge is -2.22. The van der Waals surface area contributed by atoms with Crippen LogP contribution in [0.3, 0.4) is 0 Å². The number of hydrogen-bond acceptors (Lipinski definition) is 5. The minimum atomic E-state index is 0.152. The number of nitrogens with one attached hydrogen (secondary N) is 1. The SMILES string of the molecule is CCN(C)CC(CNc1nc(C)cn1CCCOC)OC. The van der Waals surface area contributed by atoms with Gasteiger partial charge in [0.25, 0.3) is 0 Å². The van der Waals surface area contributed by atoms with E-state index < -0.39 is 0 Å². The Labute approximate surface area is 128 Å². The van der Waals surface area contributed by atoms with Crippen LogP contribution in [0.4, 0.5) is 5.95 Å². The van der Waals surface area contributed by atoms with Crippen LogP contribution in [-0.4, -0.2) is 68.1 Å². The van der Waals surface area contributed by atoms with E-state index in [1.807, 2.05) is 6.92 Å². The first-order chi connectivity index (χ1) is 10.1. The lowest BCUT2D eigenvalue weighted by atomic mass is 10.3. The number of rotatable bonds is 11. The van der Waals surface area contributed by atoms with Gasteiger partial charge in [0.15, 0.2) is 0 Å². The third kappa shape index (κ3) is 6.46. The highest BCUT2D eigenvalue weighted by atomic mass is 16.5. The quantitative estimate of drug-likeness (QED) is 0.629. The van der Waals surface area contributed by atoms with Gasteiger partial charge in [0.2, 0.25) is 5.95 Å². The lowest BCUT2D eigenvalue weighted by Crippen LogP contribution is -2.35. The van der Waals surface area contributed by atoms with Crippen LogP contribution in [0.2, 0.25) is 0 Å². The molecule has 6 heteroatoms. The van der Waals surface area contributed by atoms with Gasteiger partial charge in [-0.3, -0.25) is 0 Å². The molecular weight excluding hydrogens is 268 g/mol. The summed E-state index contributed by atoms with van der Waals surface area (Å²) in [5.41, 5.74) is 1.02. The van der Waals surface area contributed by atoms with Gasteiger partial charge in [-0.2, -0.15) is 0 Å². The number of aryl methyl sites for hydroxylation is 2. The Balaban J connectivity index is 2.52. The summed E-state index contributed by atoms with van der Waals surface area (Å²) in [6, 6.07) is 0. The number of anilines is 1. The van der Waals surface area contributed by atoms with Crippen molar-refractivity contribution in [1.82, 2.24) is 14.5 Å². The summed E-state index contributed by atoms with van der Waals surface area (Å²) >= 11 is 0. The number of ether oxygens (including phenoxy) is 2. The Morgan fingerprint density at radius 1 is 1.43 bits per heavy atom. The predicted octanol–water partition coefficient (Wildman–Crippen LogP) is 1.61. The van der Waals surface area contributed by atoms with Crippen molar-refractivity contribution >= 4 is 5.95 Å². The molecule has 0 saturated heterocycles. The van der Waals surface area contributed by atoms with E-state index in [0.29, 0.717) is 0 Å². The Morgan fingerprint density at radius 2 is 2.19 bits per heavy atom. The second-order valence-electron chi connectivity index (χ2n) is 5.34. The van der Waals surface area contributed by atoms with Crippen molar-refractivity contribution in [1.29, 1.82) is 0 Å². The molecule has 1 aromatic heterocycles. The number of nitrogens with zero attached hydrogens (tertiary/aromatic N) is 3. The first kappa shape index (κ1) is 17.9. The van der Waals surface area contributed by atoms with E-state index in [1.165, 1.54) is 0 Å². The Morgan fingerprint density at radius 3 is 2.81 bits per heavy atom. The highest BCUT2D eigenvalue weighted by Crippen LogP contribution is 2.10.